The standard InChI is InChI=1S/C27H24FN5O2/c1-3-35-25(34)26(2,16-29)15-27-13-22-9-8-20(32-22)11-18-5-4-17(30-18)10-19-6-7-21(31-19)12-24(33-27)23(28)14-27/h4-12,14,30-31H,3,13,15H2,1-2H3. The van der Waals surface area contributed by atoms with Crippen LogP contribution in [0.25, 0.3) is 18.2 Å². The molecule has 2 unspecified atom stereocenters. The summed E-state index contributed by atoms with van der Waals surface area (Å²) in [6, 6.07) is 9.77. The molecule has 0 fully saturated rings. The minimum absolute atomic E-state index is 0.0459. The molecule has 0 saturated carbocycles. The minimum atomic E-state index is -1.51. The highest BCUT2D eigenvalue weighted by molar-refractivity contribution is 6.21. The van der Waals surface area contributed by atoms with Gasteiger partial charge in [0.15, 0.2) is 5.41 Å². The van der Waals surface area contributed by atoms with Gasteiger partial charge in [0.1, 0.15) is 5.83 Å². The molecule has 35 heavy (non-hydrogen) atoms. The van der Waals surface area contributed by atoms with E-state index in [1.807, 2.05) is 48.6 Å². The van der Waals surface area contributed by atoms with E-state index in [2.05, 4.69) is 21.0 Å². The molecule has 0 saturated heterocycles. The van der Waals surface area contributed by atoms with Crippen LogP contribution in [0, 0.1) is 16.7 Å². The molecule has 0 spiro atoms. The number of aromatic nitrogens is 2. The molecule has 2 aromatic rings. The first-order valence-electron chi connectivity index (χ1n) is 11.4. The lowest BCUT2D eigenvalue weighted by atomic mass is 9.76. The number of fused-ring (bicyclic) bond motifs is 6. The monoisotopic (exact) mass is 469 g/mol. The van der Waals surface area contributed by atoms with Gasteiger partial charge in [-0.25, -0.2) is 4.39 Å². The van der Waals surface area contributed by atoms with Crippen LogP contribution in [0.1, 0.15) is 38.1 Å². The Morgan fingerprint density at radius 1 is 1.17 bits per heavy atom. The highest BCUT2D eigenvalue weighted by Crippen LogP contribution is 2.41. The second-order valence-corrected chi connectivity index (χ2v) is 9.14. The molecule has 176 valence electrons. The number of esters is 1. The van der Waals surface area contributed by atoms with E-state index in [4.69, 9.17) is 9.73 Å². The minimum Gasteiger partial charge on any atom is -0.465 e. The van der Waals surface area contributed by atoms with Gasteiger partial charge in [0.2, 0.25) is 0 Å². The largest absolute Gasteiger partial charge is 0.465 e. The molecule has 7 nitrogen and oxygen atoms in total. The molecular weight excluding hydrogens is 445 g/mol. The summed E-state index contributed by atoms with van der Waals surface area (Å²) in [6.45, 7) is 3.34. The predicted octanol–water partition coefficient (Wildman–Crippen LogP) is 3.24. The summed E-state index contributed by atoms with van der Waals surface area (Å²) in [5.74, 6) is -1.16. The lowest BCUT2D eigenvalue weighted by molar-refractivity contribution is -0.151. The summed E-state index contributed by atoms with van der Waals surface area (Å²) in [5, 5.41) is 11.4. The number of carbonyl (C=O) groups excluding carboxylic acids is 1. The maximum atomic E-state index is 15.3. The van der Waals surface area contributed by atoms with Crippen molar-refractivity contribution in [2.45, 2.75) is 32.2 Å². The second kappa shape index (κ2) is 8.51. The Morgan fingerprint density at radius 3 is 2.66 bits per heavy atom. The van der Waals surface area contributed by atoms with Crippen molar-refractivity contribution in [3.63, 3.8) is 0 Å². The summed E-state index contributed by atoms with van der Waals surface area (Å²) in [7, 11) is 0. The smallest absolute Gasteiger partial charge is 0.326 e. The van der Waals surface area contributed by atoms with E-state index in [0.717, 1.165) is 22.4 Å². The molecule has 3 aliphatic rings. The van der Waals surface area contributed by atoms with Crippen LogP contribution in [0.15, 0.2) is 64.0 Å². The van der Waals surface area contributed by atoms with Gasteiger partial charge in [0.05, 0.1) is 29.6 Å². The SMILES string of the molecule is CCOC(=O)C(C)(C#N)CC12C=C(F)C(=N1)C=c1ccc([nH]1)=Cc1ccc([nH]1)C=C1C=CC(=N1)C2. The van der Waals surface area contributed by atoms with E-state index in [1.54, 1.807) is 13.0 Å². The van der Waals surface area contributed by atoms with Gasteiger partial charge < -0.3 is 14.7 Å². The molecule has 8 heteroatoms. The van der Waals surface area contributed by atoms with Gasteiger partial charge in [-0.15, -0.1) is 0 Å². The maximum Gasteiger partial charge on any atom is 0.326 e. The molecule has 2 atom stereocenters. The van der Waals surface area contributed by atoms with Crippen LogP contribution in [0.2, 0.25) is 0 Å². The van der Waals surface area contributed by atoms with Crippen LogP contribution >= 0.6 is 0 Å². The zero-order valence-electron chi connectivity index (χ0n) is 19.4. The molecule has 3 aliphatic heterocycles. The zero-order valence-corrected chi connectivity index (χ0v) is 19.4. The molecule has 0 aliphatic carbocycles. The van der Waals surface area contributed by atoms with E-state index >= 15 is 4.39 Å². The van der Waals surface area contributed by atoms with Crippen molar-refractivity contribution < 1.29 is 13.9 Å². The molecule has 2 N–H and O–H groups in total. The first-order valence-corrected chi connectivity index (χ1v) is 11.4. The second-order valence-electron chi connectivity index (χ2n) is 9.14. The Kier molecular flexibility index (Phi) is 5.48. The number of allylic oxidation sites excluding steroid dienone is 3. The van der Waals surface area contributed by atoms with E-state index in [1.165, 1.54) is 13.0 Å². The molecule has 5 heterocycles. The summed E-state index contributed by atoms with van der Waals surface area (Å²) in [5.41, 5.74) is 0.698. The molecule has 0 aromatic carbocycles. The van der Waals surface area contributed by atoms with E-state index in [9.17, 15) is 10.1 Å². The molecule has 8 bridgehead atoms. The molecule has 0 radical (unpaired) electrons. The third-order valence-corrected chi connectivity index (χ3v) is 6.19. The average molecular weight is 470 g/mol. The zero-order chi connectivity index (χ0) is 24.6. The van der Waals surface area contributed by atoms with Gasteiger partial charge in [0.25, 0.3) is 0 Å². The molecule has 5 rings (SSSR count). The number of hydrogen-bond donors (Lipinski definition) is 2. The molecule has 0 amide bonds. The number of hydrogen-bond acceptors (Lipinski definition) is 5. The van der Waals surface area contributed by atoms with Gasteiger partial charge in [-0.1, -0.05) is 0 Å². The Morgan fingerprint density at radius 2 is 1.91 bits per heavy atom. The van der Waals surface area contributed by atoms with Crippen LogP contribution in [0.3, 0.4) is 0 Å². The van der Waals surface area contributed by atoms with Crippen molar-refractivity contribution in [2.75, 3.05) is 6.61 Å². The number of nitrogens with one attached hydrogen (secondary N) is 2. The number of nitrogens with zero attached hydrogens (tertiary/aromatic N) is 3. The first kappa shape index (κ1) is 22.5. The van der Waals surface area contributed by atoms with Gasteiger partial charge in [-0.3, -0.25) is 14.8 Å². The van der Waals surface area contributed by atoms with Crippen LogP contribution in [0.4, 0.5) is 4.39 Å². The van der Waals surface area contributed by atoms with Crippen LogP contribution in [-0.4, -0.2) is 39.5 Å². The summed E-state index contributed by atoms with van der Waals surface area (Å²) in [6.07, 6.45) is 10.8. The molecular formula is C27H24FN5O2. The maximum absolute atomic E-state index is 15.3. The fourth-order valence-corrected chi connectivity index (χ4v) is 4.62. The van der Waals surface area contributed by atoms with E-state index < -0.39 is 22.8 Å². The van der Waals surface area contributed by atoms with Gasteiger partial charge >= 0.3 is 5.97 Å². The lowest BCUT2D eigenvalue weighted by Crippen LogP contribution is -2.38. The third kappa shape index (κ3) is 4.45. The Labute approximate surface area is 201 Å². The van der Waals surface area contributed by atoms with Crippen LogP contribution in [-0.2, 0) is 9.53 Å². The number of halogens is 1. The number of aliphatic imine (C=N–C) groups is 2. The highest BCUT2D eigenvalue weighted by atomic mass is 19.1. The van der Waals surface area contributed by atoms with Gasteiger partial charge in [-0.05, 0) is 74.6 Å². The Bertz CT molecular complexity index is 1530. The predicted molar refractivity (Wildman–Crippen MR) is 132 cm³/mol. The average Bonchev–Trinajstić information content (AvgIpc) is 3.59. The van der Waals surface area contributed by atoms with Crippen molar-refractivity contribution >= 4 is 35.6 Å². The number of nitriles is 1. The summed E-state index contributed by atoms with van der Waals surface area (Å²) in [4.78, 5) is 28.7. The Hall–Kier alpha value is -4.25. The van der Waals surface area contributed by atoms with Crippen molar-refractivity contribution in [2.24, 2.45) is 15.4 Å². The number of ether oxygens (including phenoxy) is 1. The Balaban J connectivity index is 1.65. The van der Waals surface area contributed by atoms with E-state index in [0.29, 0.717) is 11.1 Å². The normalized spacial score (nSPS) is 22.0. The van der Waals surface area contributed by atoms with Crippen molar-refractivity contribution in [3.8, 4) is 6.07 Å². The number of aromatic amines is 2. The van der Waals surface area contributed by atoms with Gasteiger partial charge in [-0.2, -0.15) is 5.26 Å². The summed E-state index contributed by atoms with van der Waals surface area (Å²) >= 11 is 0. The topological polar surface area (TPSA) is 106 Å². The highest BCUT2D eigenvalue weighted by Gasteiger charge is 2.47. The van der Waals surface area contributed by atoms with Crippen molar-refractivity contribution in [3.05, 3.63) is 76.1 Å². The number of H-pyrrole nitrogens is 2. The van der Waals surface area contributed by atoms with Gasteiger partial charge in [0, 0.05) is 40.6 Å². The fraction of sp³-hybridized carbons (Fsp3) is 0.259. The first-order chi connectivity index (χ1) is 16.8. The van der Waals surface area contributed by atoms with E-state index in [-0.39, 0.29) is 25.2 Å². The van der Waals surface area contributed by atoms with Crippen molar-refractivity contribution in [1.82, 2.24) is 9.97 Å². The number of carbonyl (C=O) groups is 1. The lowest BCUT2D eigenvalue weighted by Gasteiger charge is -2.30. The van der Waals surface area contributed by atoms with Crippen molar-refractivity contribution in [1.29, 1.82) is 5.26 Å². The third-order valence-electron chi connectivity index (χ3n) is 6.19. The van der Waals surface area contributed by atoms with Crippen LogP contribution in [0.5, 0.6) is 0 Å². The number of rotatable bonds is 4. The molecule has 2 aromatic heterocycles. The fourth-order valence-electron chi connectivity index (χ4n) is 4.62. The summed E-state index contributed by atoms with van der Waals surface area (Å²) < 4.78 is 20.4. The van der Waals surface area contributed by atoms with Crippen LogP contribution < -0.4 is 10.7 Å². The quantitative estimate of drug-likeness (QED) is 0.672.